The third-order valence-electron chi connectivity index (χ3n) is 4.39. The smallest absolute Gasteiger partial charge is 0.142 e. The highest BCUT2D eigenvalue weighted by molar-refractivity contribution is 6.30. The lowest BCUT2D eigenvalue weighted by molar-refractivity contribution is 0.232. The van der Waals surface area contributed by atoms with E-state index in [1.807, 2.05) is 6.07 Å². The molecule has 21 heavy (non-hydrogen) atoms. The molecule has 2 rings (SSSR count). The second-order valence-corrected chi connectivity index (χ2v) is 6.36. The van der Waals surface area contributed by atoms with E-state index in [2.05, 4.69) is 12.2 Å². The van der Waals surface area contributed by atoms with Crippen molar-refractivity contribution in [3.63, 3.8) is 0 Å². The van der Waals surface area contributed by atoms with E-state index in [1.54, 1.807) is 19.2 Å². The van der Waals surface area contributed by atoms with Gasteiger partial charge in [-0.15, -0.1) is 0 Å². The largest absolute Gasteiger partial charge is 0.381 e. The molecule has 0 N–H and O–H groups in total. The maximum atomic E-state index is 13.4. The highest BCUT2D eigenvalue weighted by atomic mass is 35.5. The summed E-state index contributed by atoms with van der Waals surface area (Å²) in [7, 11) is 1.72. The second-order valence-electron chi connectivity index (χ2n) is 5.95. The van der Waals surface area contributed by atoms with Crippen LogP contribution in [0.15, 0.2) is 30.4 Å². The summed E-state index contributed by atoms with van der Waals surface area (Å²) in [5.41, 5.74) is 1.05. The van der Waals surface area contributed by atoms with Gasteiger partial charge in [-0.25, -0.2) is 4.39 Å². The van der Waals surface area contributed by atoms with E-state index in [4.69, 9.17) is 16.3 Å². The summed E-state index contributed by atoms with van der Waals surface area (Å²) < 4.78 is 18.4. The number of hydrogen-bond acceptors (Lipinski definition) is 1. The second kappa shape index (κ2) is 8.55. The molecular formula is C18H24ClFO. The highest BCUT2D eigenvalue weighted by Gasteiger charge is 2.19. The van der Waals surface area contributed by atoms with Crippen LogP contribution in [0.2, 0.25) is 5.02 Å². The normalized spacial score (nSPS) is 22.8. The number of hydrogen-bond donors (Lipinski definition) is 0. The first kappa shape index (κ1) is 16.5. The Bertz CT molecular complexity index is 464. The van der Waals surface area contributed by atoms with E-state index >= 15 is 0 Å². The van der Waals surface area contributed by atoms with Crippen LogP contribution >= 0.6 is 11.6 Å². The van der Waals surface area contributed by atoms with E-state index in [0.717, 1.165) is 24.3 Å². The Morgan fingerprint density at radius 1 is 1.29 bits per heavy atom. The number of aryl methyl sites for hydroxylation is 1. The summed E-state index contributed by atoms with van der Waals surface area (Å²) in [5.74, 6) is 1.18. The first-order chi connectivity index (χ1) is 10.2. The van der Waals surface area contributed by atoms with Gasteiger partial charge in [0.05, 0.1) is 11.6 Å². The quantitative estimate of drug-likeness (QED) is 0.637. The fourth-order valence-corrected chi connectivity index (χ4v) is 3.20. The van der Waals surface area contributed by atoms with Crippen LogP contribution in [0.25, 0.3) is 0 Å². The molecule has 3 heteroatoms. The van der Waals surface area contributed by atoms with Crippen LogP contribution in [0.5, 0.6) is 0 Å². The number of rotatable bonds is 6. The third-order valence-corrected chi connectivity index (χ3v) is 4.69. The zero-order chi connectivity index (χ0) is 15.1. The van der Waals surface area contributed by atoms with Crippen molar-refractivity contribution in [1.82, 2.24) is 0 Å². The van der Waals surface area contributed by atoms with Gasteiger partial charge in [-0.1, -0.05) is 29.8 Å². The molecule has 0 atom stereocenters. The van der Waals surface area contributed by atoms with Crippen molar-refractivity contribution in [2.45, 2.75) is 38.5 Å². The number of allylic oxidation sites excluding steroid dienone is 1. The fourth-order valence-electron chi connectivity index (χ4n) is 3.08. The predicted octanol–water partition coefficient (Wildman–Crippen LogP) is 5.42. The summed E-state index contributed by atoms with van der Waals surface area (Å²) in [6, 6.07) is 5.16. The first-order valence-corrected chi connectivity index (χ1v) is 8.16. The minimum absolute atomic E-state index is 0.210. The molecule has 1 nitrogen and oxygen atoms in total. The van der Waals surface area contributed by atoms with E-state index in [9.17, 15) is 4.39 Å². The summed E-state index contributed by atoms with van der Waals surface area (Å²) in [6.07, 6.45) is 11.6. The lowest BCUT2D eigenvalue weighted by Gasteiger charge is -2.26. The average Bonchev–Trinajstić information content (AvgIpc) is 2.50. The van der Waals surface area contributed by atoms with Gasteiger partial charge in [-0.05, 0) is 68.1 Å². The molecule has 1 fully saturated rings. The van der Waals surface area contributed by atoms with Gasteiger partial charge in [-0.2, -0.15) is 0 Å². The Morgan fingerprint density at radius 3 is 2.71 bits per heavy atom. The summed E-state index contributed by atoms with van der Waals surface area (Å²) in [5, 5.41) is 0.210. The molecule has 116 valence electrons. The van der Waals surface area contributed by atoms with Crippen molar-refractivity contribution >= 4 is 11.6 Å². The highest BCUT2D eigenvalue weighted by Crippen LogP contribution is 2.32. The standard InChI is InChI=1S/C18H24ClFO/c1-21-12-2-3-14-4-6-15(7-5-14)8-9-16-10-11-17(19)18(20)13-16/h2-3,10-11,13-15H,4-9,12H2,1H3. The van der Waals surface area contributed by atoms with Gasteiger partial charge >= 0.3 is 0 Å². The van der Waals surface area contributed by atoms with E-state index < -0.39 is 0 Å². The molecule has 1 aromatic rings. The maximum Gasteiger partial charge on any atom is 0.142 e. The molecule has 1 aliphatic carbocycles. The average molecular weight is 311 g/mol. The number of halogens is 2. The van der Waals surface area contributed by atoms with Crippen LogP contribution in [0.1, 0.15) is 37.7 Å². The molecule has 0 spiro atoms. The minimum atomic E-state index is -0.304. The summed E-state index contributed by atoms with van der Waals surface area (Å²) in [6.45, 7) is 0.710. The van der Waals surface area contributed by atoms with Crippen molar-refractivity contribution < 1.29 is 9.13 Å². The Morgan fingerprint density at radius 2 is 2.05 bits per heavy atom. The molecule has 0 bridgehead atoms. The van der Waals surface area contributed by atoms with Crippen molar-refractivity contribution in [1.29, 1.82) is 0 Å². The van der Waals surface area contributed by atoms with Gasteiger partial charge in [0.25, 0.3) is 0 Å². The van der Waals surface area contributed by atoms with Crippen molar-refractivity contribution in [2.75, 3.05) is 13.7 Å². The number of ether oxygens (including phenoxy) is 1. The molecule has 0 unspecified atom stereocenters. The molecule has 0 aliphatic heterocycles. The van der Waals surface area contributed by atoms with E-state index in [0.29, 0.717) is 12.5 Å². The zero-order valence-corrected chi connectivity index (χ0v) is 13.4. The molecule has 1 aliphatic rings. The summed E-state index contributed by atoms with van der Waals surface area (Å²) in [4.78, 5) is 0. The Kier molecular flexibility index (Phi) is 6.72. The van der Waals surface area contributed by atoms with Crippen LogP contribution in [-0.4, -0.2) is 13.7 Å². The van der Waals surface area contributed by atoms with Crippen LogP contribution in [0, 0.1) is 17.7 Å². The molecule has 0 amide bonds. The molecule has 1 aromatic carbocycles. The van der Waals surface area contributed by atoms with Gasteiger partial charge < -0.3 is 4.74 Å². The van der Waals surface area contributed by atoms with Crippen LogP contribution in [0.4, 0.5) is 4.39 Å². The van der Waals surface area contributed by atoms with Crippen LogP contribution in [0.3, 0.4) is 0 Å². The fraction of sp³-hybridized carbons (Fsp3) is 0.556. The minimum Gasteiger partial charge on any atom is -0.381 e. The van der Waals surface area contributed by atoms with E-state index in [-0.39, 0.29) is 10.8 Å². The van der Waals surface area contributed by atoms with Gasteiger partial charge in [0.15, 0.2) is 0 Å². The van der Waals surface area contributed by atoms with E-state index in [1.165, 1.54) is 25.7 Å². The Balaban J connectivity index is 1.72. The Labute approximate surface area is 132 Å². The van der Waals surface area contributed by atoms with Crippen LogP contribution < -0.4 is 0 Å². The van der Waals surface area contributed by atoms with Gasteiger partial charge in [-0.3, -0.25) is 0 Å². The molecule has 1 saturated carbocycles. The maximum absolute atomic E-state index is 13.4. The molecule has 0 saturated heterocycles. The topological polar surface area (TPSA) is 9.23 Å². The molecular weight excluding hydrogens is 287 g/mol. The lowest BCUT2D eigenvalue weighted by Crippen LogP contribution is -2.14. The predicted molar refractivity (Wildman–Crippen MR) is 86.2 cm³/mol. The lowest BCUT2D eigenvalue weighted by atomic mass is 9.79. The number of benzene rings is 1. The van der Waals surface area contributed by atoms with Crippen molar-refractivity contribution in [3.8, 4) is 0 Å². The third kappa shape index (κ3) is 5.44. The molecule has 0 heterocycles. The van der Waals surface area contributed by atoms with Crippen molar-refractivity contribution in [2.24, 2.45) is 11.8 Å². The monoisotopic (exact) mass is 310 g/mol. The first-order valence-electron chi connectivity index (χ1n) is 7.78. The van der Waals surface area contributed by atoms with Crippen LogP contribution in [-0.2, 0) is 11.2 Å². The molecule has 0 radical (unpaired) electrons. The zero-order valence-electron chi connectivity index (χ0n) is 12.7. The van der Waals surface area contributed by atoms with Gasteiger partial charge in [0, 0.05) is 7.11 Å². The Hall–Kier alpha value is -0.860. The van der Waals surface area contributed by atoms with Crippen molar-refractivity contribution in [3.05, 3.63) is 46.8 Å². The van der Waals surface area contributed by atoms with Gasteiger partial charge in [0.1, 0.15) is 5.82 Å². The number of methoxy groups -OCH3 is 1. The van der Waals surface area contributed by atoms with Gasteiger partial charge in [0.2, 0.25) is 0 Å². The summed E-state index contributed by atoms with van der Waals surface area (Å²) >= 11 is 5.71. The SMILES string of the molecule is COCC=CC1CCC(CCc2ccc(Cl)c(F)c2)CC1. The molecule has 0 aromatic heterocycles.